The summed E-state index contributed by atoms with van der Waals surface area (Å²) in [5.74, 6) is -0.695. The molecular weight excluding hydrogens is 302 g/mol. The van der Waals surface area contributed by atoms with Crippen molar-refractivity contribution in [3.05, 3.63) is 46.5 Å². The number of hydrogen-bond donors (Lipinski definition) is 1. The van der Waals surface area contributed by atoms with Crippen molar-refractivity contribution in [3.63, 3.8) is 0 Å². The van der Waals surface area contributed by atoms with Crippen molar-refractivity contribution in [3.8, 4) is 0 Å². The fourth-order valence-corrected chi connectivity index (χ4v) is 2.86. The van der Waals surface area contributed by atoms with Crippen LogP contribution in [0.5, 0.6) is 0 Å². The Kier molecular flexibility index (Phi) is 6.59. The number of nitrogens with one attached hydrogen (secondary N) is 1. The van der Waals surface area contributed by atoms with E-state index >= 15 is 0 Å². The normalized spacial score (nSPS) is 15.4. The maximum Gasteiger partial charge on any atom is 0.339 e. The fraction of sp³-hybridized carbons (Fsp3) is 0.500. The van der Waals surface area contributed by atoms with Crippen molar-refractivity contribution in [2.75, 3.05) is 6.54 Å². The Morgan fingerprint density at radius 2 is 2.04 bits per heavy atom. The Balaban J connectivity index is 1.81. The molecule has 1 aliphatic rings. The third-order valence-corrected chi connectivity index (χ3v) is 4.40. The predicted molar refractivity (Wildman–Crippen MR) is 95.0 cm³/mol. The molecule has 4 nitrogen and oxygen atoms in total. The van der Waals surface area contributed by atoms with Crippen LogP contribution in [-0.2, 0) is 9.53 Å². The monoisotopic (exact) mass is 329 g/mol. The molecule has 0 saturated carbocycles. The second kappa shape index (κ2) is 8.67. The van der Waals surface area contributed by atoms with E-state index in [1.165, 1.54) is 18.4 Å². The van der Waals surface area contributed by atoms with Crippen LogP contribution in [-0.4, -0.2) is 24.5 Å². The summed E-state index contributed by atoms with van der Waals surface area (Å²) < 4.78 is 5.31. The molecule has 130 valence electrons. The van der Waals surface area contributed by atoms with Crippen molar-refractivity contribution in [1.82, 2.24) is 5.32 Å². The molecule has 1 aromatic carbocycles. The number of ether oxygens (including phenoxy) is 1. The highest BCUT2D eigenvalue weighted by Gasteiger charge is 2.20. The molecule has 0 spiro atoms. The fourth-order valence-electron chi connectivity index (χ4n) is 2.86. The summed E-state index contributed by atoms with van der Waals surface area (Å²) in [4.78, 5) is 24.3. The quantitative estimate of drug-likeness (QED) is 0.637. The number of amides is 1. The van der Waals surface area contributed by atoms with Gasteiger partial charge in [-0.25, -0.2) is 4.79 Å². The summed E-state index contributed by atoms with van der Waals surface area (Å²) in [5.41, 5.74) is 3.77. The molecule has 1 amide bonds. The smallest absolute Gasteiger partial charge is 0.339 e. The van der Waals surface area contributed by atoms with Crippen LogP contribution in [0, 0.1) is 13.8 Å². The molecular formula is C20H27NO3. The van der Waals surface area contributed by atoms with E-state index in [1.807, 2.05) is 26.0 Å². The van der Waals surface area contributed by atoms with E-state index in [-0.39, 0.29) is 5.91 Å². The van der Waals surface area contributed by atoms with Crippen LogP contribution < -0.4 is 5.32 Å². The summed E-state index contributed by atoms with van der Waals surface area (Å²) in [6.45, 7) is 5.99. The molecule has 1 aliphatic carbocycles. The maximum absolute atomic E-state index is 12.2. The summed E-state index contributed by atoms with van der Waals surface area (Å²) in [6, 6.07) is 5.62. The molecule has 1 N–H and O–H groups in total. The number of rotatable bonds is 6. The van der Waals surface area contributed by atoms with Crippen molar-refractivity contribution < 1.29 is 14.3 Å². The average molecular weight is 329 g/mol. The van der Waals surface area contributed by atoms with Gasteiger partial charge < -0.3 is 10.1 Å². The number of hydrogen-bond acceptors (Lipinski definition) is 3. The van der Waals surface area contributed by atoms with Gasteiger partial charge in [-0.15, -0.1) is 0 Å². The molecule has 0 bridgehead atoms. The number of aryl methyl sites for hydroxylation is 2. The van der Waals surface area contributed by atoms with Crippen LogP contribution in [0.3, 0.4) is 0 Å². The minimum Gasteiger partial charge on any atom is -0.449 e. The molecule has 2 rings (SSSR count). The predicted octanol–water partition coefficient (Wildman–Crippen LogP) is 3.86. The van der Waals surface area contributed by atoms with Gasteiger partial charge in [0.25, 0.3) is 5.91 Å². The molecule has 4 heteroatoms. The lowest BCUT2D eigenvalue weighted by Gasteiger charge is -2.16. The molecule has 0 saturated heterocycles. The lowest BCUT2D eigenvalue weighted by atomic mass is 9.97. The molecule has 0 radical (unpaired) electrons. The molecule has 0 aliphatic heterocycles. The van der Waals surface area contributed by atoms with Gasteiger partial charge in [0.05, 0.1) is 5.56 Å². The Labute approximate surface area is 144 Å². The highest BCUT2D eigenvalue weighted by atomic mass is 16.5. The third kappa shape index (κ3) is 5.22. The summed E-state index contributed by atoms with van der Waals surface area (Å²) >= 11 is 0. The Morgan fingerprint density at radius 1 is 1.25 bits per heavy atom. The first-order chi connectivity index (χ1) is 11.5. The minimum atomic E-state index is -0.794. The number of esters is 1. The van der Waals surface area contributed by atoms with Crippen LogP contribution in [0.2, 0.25) is 0 Å². The highest BCUT2D eigenvalue weighted by molar-refractivity contribution is 5.93. The maximum atomic E-state index is 12.2. The Hall–Kier alpha value is -2.10. The van der Waals surface area contributed by atoms with E-state index in [2.05, 4.69) is 11.4 Å². The van der Waals surface area contributed by atoms with Crippen LogP contribution in [0.1, 0.15) is 60.5 Å². The van der Waals surface area contributed by atoms with Gasteiger partial charge in [0.15, 0.2) is 6.10 Å². The lowest BCUT2D eigenvalue weighted by molar-refractivity contribution is -0.129. The van der Waals surface area contributed by atoms with Crippen LogP contribution >= 0.6 is 0 Å². The number of carbonyl (C=O) groups is 2. The molecule has 1 aromatic rings. The van der Waals surface area contributed by atoms with Gasteiger partial charge in [-0.2, -0.15) is 0 Å². The van der Waals surface area contributed by atoms with Gasteiger partial charge >= 0.3 is 5.97 Å². The van der Waals surface area contributed by atoms with Crippen molar-refractivity contribution >= 4 is 11.9 Å². The molecule has 0 heterocycles. The Morgan fingerprint density at radius 3 is 2.75 bits per heavy atom. The van der Waals surface area contributed by atoms with E-state index < -0.39 is 12.1 Å². The molecule has 1 atom stereocenters. The van der Waals surface area contributed by atoms with Crippen LogP contribution in [0.25, 0.3) is 0 Å². The van der Waals surface area contributed by atoms with Gasteiger partial charge in [-0.1, -0.05) is 29.3 Å². The first kappa shape index (κ1) is 18.2. The van der Waals surface area contributed by atoms with Crippen molar-refractivity contribution in [2.24, 2.45) is 0 Å². The molecule has 0 aromatic heterocycles. The van der Waals surface area contributed by atoms with Crippen LogP contribution in [0.15, 0.2) is 29.8 Å². The zero-order valence-electron chi connectivity index (χ0n) is 14.9. The SMILES string of the molecule is Cc1ccc(C)c(C(=O)O[C@H](C)C(=O)NCCC2=CCCCC2)c1. The van der Waals surface area contributed by atoms with E-state index in [1.54, 1.807) is 13.0 Å². The topological polar surface area (TPSA) is 55.4 Å². The standard InChI is InChI=1S/C20H27NO3/c1-14-9-10-15(2)18(13-14)20(23)24-16(3)19(22)21-12-11-17-7-5-4-6-8-17/h7,9-10,13,16H,4-6,8,11-12H2,1-3H3,(H,21,22)/t16-/m1/s1. The zero-order valence-corrected chi connectivity index (χ0v) is 14.9. The molecule has 0 unspecified atom stereocenters. The largest absolute Gasteiger partial charge is 0.449 e. The zero-order chi connectivity index (χ0) is 17.5. The van der Waals surface area contributed by atoms with E-state index in [9.17, 15) is 9.59 Å². The van der Waals surface area contributed by atoms with E-state index in [0.29, 0.717) is 12.1 Å². The summed E-state index contributed by atoms with van der Waals surface area (Å²) in [6.07, 6.45) is 7.14. The first-order valence-electron chi connectivity index (χ1n) is 8.71. The number of carbonyl (C=O) groups excluding carboxylic acids is 2. The van der Waals surface area contributed by atoms with Crippen LogP contribution in [0.4, 0.5) is 0 Å². The first-order valence-corrected chi connectivity index (χ1v) is 8.71. The second-order valence-corrected chi connectivity index (χ2v) is 6.52. The van der Waals surface area contributed by atoms with Gasteiger partial charge in [-0.3, -0.25) is 4.79 Å². The minimum absolute atomic E-state index is 0.245. The average Bonchev–Trinajstić information content (AvgIpc) is 2.57. The summed E-state index contributed by atoms with van der Waals surface area (Å²) in [5, 5.41) is 2.86. The number of allylic oxidation sites excluding steroid dienone is 1. The van der Waals surface area contributed by atoms with Gasteiger partial charge in [0.1, 0.15) is 0 Å². The highest BCUT2D eigenvalue weighted by Crippen LogP contribution is 2.19. The van der Waals surface area contributed by atoms with Gasteiger partial charge in [-0.05, 0) is 64.5 Å². The third-order valence-electron chi connectivity index (χ3n) is 4.40. The van der Waals surface area contributed by atoms with Crippen molar-refractivity contribution in [2.45, 2.75) is 59.0 Å². The second-order valence-electron chi connectivity index (χ2n) is 6.52. The Bertz CT molecular complexity index is 634. The molecule has 24 heavy (non-hydrogen) atoms. The van der Waals surface area contributed by atoms with E-state index in [0.717, 1.165) is 30.4 Å². The van der Waals surface area contributed by atoms with E-state index in [4.69, 9.17) is 4.74 Å². The molecule has 0 fully saturated rings. The van der Waals surface area contributed by atoms with Gasteiger partial charge in [0, 0.05) is 6.54 Å². The number of benzene rings is 1. The summed E-state index contributed by atoms with van der Waals surface area (Å²) in [7, 11) is 0. The van der Waals surface area contributed by atoms with Gasteiger partial charge in [0.2, 0.25) is 0 Å². The lowest BCUT2D eigenvalue weighted by Crippen LogP contribution is -2.36. The van der Waals surface area contributed by atoms with Crippen molar-refractivity contribution in [1.29, 1.82) is 0 Å².